The first-order valence-electron chi connectivity index (χ1n) is 5.85. The lowest BCUT2D eigenvalue weighted by Gasteiger charge is -2.07. The molecule has 0 amide bonds. The molecular weight excluding hydrogens is 327 g/mol. The third-order valence-corrected chi connectivity index (χ3v) is 3.17. The van der Waals surface area contributed by atoms with Gasteiger partial charge in [-0.1, -0.05) is 28.1 Å². The van der Waals surface area contributed by atoms with Crippen molar-refractivity contribution in [1.82, 2.24) is 0 Å². The summed E-state index contributed by atoms with van der Waals surface area (Å²) in [5.74, 6) is -0.580. The van der Waals surface area contributed by atoms with Gasteiger partial charge in [0.25, 0.3) is 0 Å². The zero-order valence-electron chi connectivity index (χ0n) is 10.7. The van der Waals surface area contributed by atoms with Crippen LogP contribution in [0.4, 0.5) is 4.39 Å². The van der Waals surface area contributed by atoms with Crippen molar-refractivity contribution in [1.29, 1.82) is 0 Å². The average molecular weight is 339 g/mol. The summed E-state index contributed by atoms with van der Waals surface area (Å²) >= 11 is 3.13. The lowest BCUT2D eigenvalue weighted by atomic mass is 10.2. The Morgan fingerprint density at radius 3 is 2.50 bits per heavy atom. The number of rotatable bonds is 4. The predicted octanol–water partition coefficient (Wildman–Crippen LogP) is 3.95. The summed E-state index contributed by atoms with van der Waals surface area (Å²) < 4.78 is 24.3. The van der Waals surface area contributed by atoms with Crippen LogP contribution in [0.1, 0.15) is 15.9 Å². The van der Waals surface area contributed by atoms with Crippen LogP contribution in [0.15, 0.2) is 46.9 Å². The molecule has 0 saturated carbocycles. The number of benzene rings is 2. The summed E-state index contributed by atoms with van der Waals surface area (Å²) in [6.45, 7) is 0.0817. The minimum absolute atomic E-state index is 0.0817. The molecule has 0 aliphatic heterocycles. The van der Waals surface area contributed by atoms with Gasteiger partial charge in [0, 0.05) is 4.47 Å². The average Bonchev–Trinajstić information content (AvgIpc) is 2.45. The maximum atomic E-state index is 13.6. The topological polar surface area (TPSA) is 35.5 Å². The third kappa shape index (κ3) is 3.57. The number of esters is 1. The van der Waals surface area contributed by atoms with E-state index in [9.17, 15) is 9.18 Å². The molecular formula is C15H12BrFO3. The van der Waals surface area contributed by atoms with Crippen LogP contribution in [0.3, 0.4) is 0 Å². The van der Waals surface area contributed by atoms with Crippen LogP contribution in [0.2, 0.25) is 0 Å². The van der Waals surface area contributed by atoms with Gasteiger partial charge in [0.2, 0.25) is 0 Å². The Morgan fingerprint density at radius 1 is 1.20 bits per heavy atom. The second kappa shape index (κ2) is 6.52. The largest absolute Gasteiger partial charge is 0.497 e. The van der Waals surface area contributed by atoms with Crippen LogP contribution >= 0.6 is 15.9 Å². The maximum Gasteiger partial charge on any atom is 0.341 e. The summed E-state index contributed by atoms with van der Waals surface area (Å²) in [4.78, 5) is 11.8. The lowest BCUT2D eigenvalue weighted by molar-refractivity contribution is 0.0467. The van der Waals surface area contributed by atoms with E-state index in [1.807, 2.05) is 0 Å². The summed E-state index contributed by atoms with van der Waals surface area (Å²) in [6, 6.07) is 11.3. The fraction of sp³-hybridized carbons (Fsp3) is 0.133. The van der Waals surface area contributed by atoms with Gasteiger partial charge in [-0.15, -0.1) is 0 Å². The molecule has 2 aromatic rings. The molecule has 0 aromatic heterocycles. The smallest absolute Gasteiger partial charge is 0.341 e. The summed E-state index contributed by atoms with van der Waals surface area (Å²) in [5.41, 5.74) is 0.721. The molecule has 104 valence electrons. The second-order valence-electron chi connectivity index (χ2n) is 4.05. The molecule has 2 rings (SSSR count). The Balaban J connectivity index is 2.00. The molecule has 0 atom stereocenters. The number of ether oxygens (including phenoxy) is 2. The van der Waals surface area contributed by atoms with Gasteiger partial charge in [-0.05, 0) is 35.9 Å². The number of carbonyl (C=O) groups excluding carboxylic acids is 1. The van der Waals surface area contributed by atoms with Gasteiger partial charge in [0.1, 0.15) is 18.2 Å². The van der Waals surface area contributed by atoms with E-state index in [4.69, 9.17) is 9.47 Å². The Hall–Kier alpha value is -1.88. The summed E-state index contributed by atoms with van der Waals surface area (Å²) in [6.07, 6.45) is 0. The Bertz CT molecular complexity index is 611. The second-order valence-corrected chi connectivity index (χ2v) is 4.96. The third-order valence-electron chi connectivity index (χ3n) is 2.68. The highest BCUT2D eigenvalue weighted by Crippen LogP contribution is 2.17. The Kier molecular flexibility index (Phi) is 4.74. The zero-order chi connectivity index (χ0) is 14.5. The highest BCUT2D eigenvalue weighted by molar-refractivity contribution is 9.10. The highest BCUT2D eigenvalue weighted by Gasteiger charge is 2.13. The molecule has 0 spiro atoms. The molecule has 0 saturated heterocycles. The quantitative estimate of drug-likeness (QED) is 0.791. The van der Waals surface area contributed by atoms with Gasteiger partial charge in [0.15, 0.2) is 0 Å². The van der Waals surface area contributed by atoms with E-state index >= 15 is 0 Å². The molecule has 20 heavy (non-hydrogen) atoms. The fourth-order valence-electron chi connectivity index (χ4n) is 1.60. The molecule has 0 fully saturated rings. The minimum atomic E-state index is -0.689. The zero-order valence-corrected chi connectivity index (χ0v) is 12.3. The molecule has 0 aliphatic carbocycles. The van der Waals surface area contributed by atoms with Crippen molar-refractivity contribution in [3.05, 3.63) is 63.9 Å². The molecule has 0 unspecified atom stereocenters. The van der Waals surface area contributed by atoms with E-state index in [0.29, 0.717) is 4.47 Å². The van der Waals surface area contributed by atoms with Gasteiger partial charge in [0.05, 0.1) is 12.7 Å². The number of carbonyl (C=O) groups is 1. The van der Waals surface area contributed by atoms with E-state index in [1.165, 1.54) is 12.1 Å². The summed E-state index contributed by atoms with van der Waals surface area (Å²) in [5, 5.41) is 0. The fourth-order valence-corrected chi connectivity index (χ4v) is 1.94. The number of halogens is 2. The molecule has 2 aromatic carbocycles. The lowest BCUT2D eigenvalue weighted by Crippen LogP contribution is -2.07. The first kappa shape index (κ1) is 14.5. The van der Waals surface area contributed by atoms with Gasteiger partial charge in [-0.25, -0.2) is 9.18 Å². The highest BCUT2D eigenvalue weighted by atomic mass is 79.9. The van der Waals surface area contributed by atoms with E-state index in [1.54, 1.807) is 37.4 Å². The monoisotopic (exact) mass is 338 g/mol. The van der Waals surface area contributed by atoms with E-state index in [0.717, 1.165) is 11.3 Å². The van der Waals surface area contributed by atoms with Gasteiger partial charge < -0.3 is 9.47 Å². The van der Waals surface area contributed by atoms with Crippen LogP contribution < -0.4 is 4.74 Å². The van der Waals surface area contributed by atoms with Gasteiger partial charge >= 0.3 is 5.97 Å². The van der Waals surface area contributed by atoms with Crippen molar-refractivity contribution in [2.24, 2.45) is 0 Å². The SMILES string of the molecule is COc1ccc(COC(=O)c2ccc(Br)cc2F)cc1. The van der Waals surface area contributed by atoms with Crippen molar-refractivity contribution < 1.29 is 18.7 Å². The molecule has 0 N–H and O–H groups in total. The molecule has 0 bridgehead atoms. The van der Waals surface area contributed by atoms with E-state index in [-0.39, 0.29) is 12.2 Å². The van der Waals surface area contributed by atoms with E-state index in [2.05, 4.69) is 15.9 Å². The molecule has 0 radical (unpaired) electrons. The van der Waals surface area contributed by atoms with Gasteiger partial charge in [-0.3, -0.25) is 0 Å². The van der Waals surface area contributed by atoms with Crippen molar-refractivity contribution in [2.75, 3.05) is 7.11 Å². The van der Waals surface area contributed by atoms with Crippen molar-refractivity contribution in [3.63, 3.8) is 0 Å². The first-order chi connectivity index (χ1) is 9.60. The number of methoxy groups -OCH3 is 1. The molecule has 0 heterocycles. The Morgan fingerprint density at radius 2 is 1.90 bits per heavy atom. The summed E-state index contributed by atoms with van der Waals surface area (Å²) in [7, 11) is 1.57. The van der Waals surface area contributed by atoms with Crippen LogP contribution in [0, 0.1) is 5.82 Å². The van der Waals surface area contributed by atoms with Crippen molar-refractivity contribution in [3.8, 4) is 5.75 Å². The standard InChI is InChI=1S/C15H12BrFO3/c1-19-12-5-2-10(3-6-12)9-20-15(18)13-7-4-11(16)8-14(13)17/h2-8H,9H2,1H3. The molecule has 0 aliphatic rings. The maximum absolute atomic E-state index is 13.6. The molecule has 5 heteroatoms. The minimum Gasteiger partial charge on any atom is -0.497 e. The first-order valence-corrected chi connectivity index (χ1v) is 6.64. The predicted molar refractivity (Wildman–Crippen MR) is 76.2 cm³/mol. The van der Waals surface area contributed by atoms with Crippen molar-refractivity contribution in [2.45, 2.75) is 6.61 Å². The molecule has 3 nitrogen and oxygen atoms in total. The van der Waals surface area contributed by atoms with Crippen molar-refractivity contribution >= 4 is 21.9 Å². The van der Waals surface area contributed by atoms with E-state index < -0.39 is 11.8 Å². The van der Waals surface area contributed by atoms with Crippen LogP contribution in [0.5, 0.6) is 5.75 Å². The number of hydrogen-bond donors (Lipinski definition) is 0. The van der Waals surface area contributed by atoms with Crippen LogP contribution in [-0.4, -0.2) is 13.1 Å². The van der Waals surface area contributed by atoms with Crippen LogP contribution in [-0.2, 0) is 11.3 Å². The normalized spacial score (nSPS) is 10.2. The number of hydrogen-bond acceptors (Lipinski definition) is 3. The van der Waals surface area contributed by atoms with Crippen LogP contribution in [0.25, 0.3) is 0 Å². The van der Waals surface area contributed by atoms with Gasteiger partial charge in [-0.2, -0.15) is 0 Å². The Labute approximate surface area is 124 Å².